The van der Waals surface area contributed by atoms with Crippen LogP contribution >= 0.6 is 11.8 Å². The molecule has 0 saturated heterocycles. The zero-order valence-electron chi connectivity index (χ0n) is 12.4. The van der Waals surface area contributed by atoms with Crippen molar-refractivity contribution >= 4 is 23.1 Å². The zero-order chi connectivity index (χ0) is 15.8. The molecule has 7 heteroatoms. The quantitative estimate of drug-likeness (QED) is 0.547. The number of hydrogen-bond acceptors (Lipinski definition) is 7. The number of carbonyl (C=O) groups is 1. The summed E-state index contributed by atoms with van der Waals surface area (Å²) < 4.78 is 15.7. The number of hydrogen-bond donors (Lipinski definition) is 1. The Bertz CT molecular complexity index is 535. The molecule has 0 bridgehead atoms. The largest absolute Gasteiger partial charge is 0.507 e. The van der Waals surface area contributed by atoms with Gasteiger partial charge in [-0.3, -0.25) is 4.99 Å². The number of carbonyl (C=O) groups excluding carboxylic acids is 1. The fourth-order valence-corrected chi connectivity index (χ4v) is 2.87. The van der Waals surface area contributed by atoms with Gasteiger partial charge in [0.05, 0.1) is 19.8 Å². The molecule has 1 aromatic carbocycles. The number of aromatic hydroxyl groups is 1. The lowest BCUT2D eigenvalue weighted by Gasteiger charge is -2.09. The first-order chi connectivity index (χ1) is 10.7. The van der Waals surface area contributed by atoms with Crippen molar-refractivity contribution < 1.29 is 24.1 Å². The third kappa shape index (κ3) is 4.72. The van der Waals surface area contributed by atoms with Crippen LogP contribution in [0.5, 0.6) is 11.5 Å². The van der Waals surface area contributed by atoms with Crippen LogP contribution in [0.25, 0.3) is 0 Å². The monoisotopic (exact) mass is 325 g/mol. The summed E-state index contributed by atoms with van der Waals surface area (Å²) in [5.74, 6) is 1.28. The summed E-state index contributed by atoms with van der Waals surface area (Å²) in [6.45, 7) is 1.93. The van der Waals surface area contributed by atoms with Crippen LogP contribution in [-0.2, 0) is 14.3 Å². The van der Waals surface area contributed by atoms with Crippen molar-refractivity contribution in [3.8, 4) is 11.5 Å². The Morgan fingerprint density at radius 3 is 2.86 bits per heavy atom. The molecule has 0 radical (unpaired) electrons. The summed E-state index contributed by atoms with van der Waals surface area (Å²) in [5.41, 5.74) is 0.623. The van der Waals surface area contributed by atoms with Gasteiger partial charge in [0.1, 0.15) is 35.5 Å². The SMILES string of the molecule is COCCOCCOc1ccc(C2=N[C@H](C=O)CS2)c(O)c1. The van der Waals surface area contributed by atoms with Gasteiger partial charge in [-0.2, -0.15) is 0 Å². The van der Waals surface area contributed by atoms with Crippen molar-refractivity contribution in [2.45, 2.75) is 6.04 Å². The summed E-state index contributed by atoms with van der Waals surface area (Å²) in [7, 11) is 1.62. The van der Waals surface area contributed by atoms with E-state index in [0.717, 1.165) is 6.29 Å². The maximum Gasteiger partial charge on any atom is 0.145 e. The molecule has 0 aromatic heterocycles. The fourth-order valence-electron chi connectivity index (χ4n) is 1.85. The van der Waals surface area contributed by atoms with Gasteiger partial charge in [0.15, 0.2) is 0 Å². The van der Waals surface area contributed by atoms with Crippen LogP contribution in [0.1, 0.15) is 5.56 Å². The van der Waals surface area contributed by atoms with E-state index >= 15 is 0 Å². The summed E-state index contributed by atoms with van der Waals surface area (Å²) >= 11 is 1.46. The van der Waals surface area contributed by atoms with Gasteiger partial charge < -0.3 is 24.1 Å². The van der Waals surface area contributed by atoms with E-state index in [4.69, 9.17) is 14.2 Å². The Morgan fingerprint density at radius 1 is 1.36 bits per heavy atom. The first kappa shape index (κ1) is 16.8. The van der Waals surface area contributed by atoms with Crippen molar-refractivity contribution in [1.29, 1.82) is 0 Å². The molecule has 0 spiro atoms. The second-order valence-corrected chi connectivity index (χ2v) is 5.59. The highest BCUT2D eigenvalue weighted by atomic mass is 32.2. The first-order valence-corrected chi connectivity index (χ1v) is 7.92. The third-order valence-electron chi connectivity index (χ3n) is 2.96. The van der Waals surface area contributed by atoms with Gasteiger partial charge in [0.25, 0.3) is 0 Å². The number of thioether (sulfide) groups is 1. The summed E-state index contributed by atoms with van der Waals surface area (Å²) in [5, 5.41) is 10.8. The van der Waals surface area contributed by atoms with Gasteiger partial charge in [0, 0.05) is 24.5 Å². The minimum atomic E-state index is -0.320. The van der Waals surface area contributed by atoms with Crippen LogP contribution in [0.15, 0.2) is 23.2 Å². The maximum atomic E-state index is 10.7. The lowest BCUT2D eigenvalue weighted by Crippen LogP contribution is -2.10. The topological polar surface area (TPSA) is 77.3 Å². The van der Waals surface area contributed by atoms with Crippen molar-refractivity contribution in [2.24, 2.45) is 4.99 Å². The molecule has 0 aliphatic carbocycles. The third-order valence-corrected chi connectivity index (χ3v) is 4.07. The molecular formula is C15H19NO5S. The van der Waals surface area contributed by atoms with Crippen LogP contribution in [0, 0.1) is 0 Å². The van der Waals surface area contributed by atoms with Gasteiger partial charge in [-0.15, -0.1) is 11.8 Å². The minimum Gasteiger partial charge on any atom is -0.507 e. The van der Waals surface area contributed by atoms with E-state index in [2.05, 4.69) is 4.99 Å². The van der Waals surface area contributed by atoms with Gasteiger partial charge in [-0.1, -0.05) is 0 Å². The number of phenolic OH excluding ortho intramolecular Hbond substituents is 1. The van der Waals surface area contributed by atoms with Crippen LogP contribution in [0.2, 0.25) is 0 Å². The average Bonchev–Trinajstić information content (AvgIpc) is 2.99. The molecule has 1 aliphatic rings. The highest BCUT2D eigenvalue weighted by Gasteiger charge is 2.20. The number of methoxy groups -OCH3 is 1. The smallest absolute Gasteiger partial charge is 0.145 e. The van der Waals surface area contributed by atoms with E-state index < -0.39 is 0 Å². The maximum absolute atomic E-state index is 10.7. The fraction of sp³-hybridized carbons (Fsp3) is 0.467. The number of aliphatic imine (C=N–C) groups is 1. The molecular weight excluding hydrogens is 306 g/mol. The molecule has 1 aliphatic heterocycles. The Hall–Kier alpha value is -1.57. The summed E-state index contributed by atoms with van der Waals surface area (Å²) in [6, 6.07) is 4.73. The molecule has 2 rings (SSSR count). The van der Waals surface area contributed by atoms with Crippen LogP contribution in [0.3, 0.4) is 0 Å². The Morgan fingerprint density at radius 2 is 2.18 bits per heavy atom. The average molecular weight is 325 g/mol. The van der Waals surface area contributed by atoms with Gasteiger partial charge >= 0.3 is 0 Å². The summed E-state index contributed by atoms with van der Waals surface area (Å²) in [4.78, 5) is 15.0. The first-order valence-electron chi connectivity index (χ1n) is 6.93. The number of rotatable bonds is 9. The molecule has 0 fully saturated rings. The molecule has 0 amide bonds. The van der Waals surface area contributed by atoms with Crippen LogP contribution in [-0.4, -0.2) is 61.8 Å². The van der Waals surface area contributed by atoms with Crippen molar-refractivity contribution in [3.05, 3.63) is 23.8 Å². The molecule has 1 atom stereocenters. The standard InChI is InChI=1S/C15H19NO5S/c1-19-4-5-20-6-7-21-12-2-3-13(14(18)8-12)15-16-11(9-17)10-22-15/h2-3,8-9,11,18H,4-7,10H2,1H3/t11-/m1/s1. The Kier molecular flexibility index (Phi) is 6.70. The molecule has 120 valence electrons. The predicted octanol–water partition coefficient (Wildman–Crippen LogP) is 1.49. The van der Waals surface area contributed by atoms with Gasteiger partial charge in [-0.25, -0.2) is 0 Å². The van der Waals surface area contributed by atoms with Crippen molar-refractivity contribution in [1.82, 2.24) is 0 Å². The number of benzene rings is 1. The normalized spacial score (nSPS) is 17.3. The lowest BCUT2D eigenvalue weighted by molar-refractivity contribution is -0.108. The molecule has 1 N–H and O–H groups in total. The Labute approximate surface area is 133 Å². The highest BCUT2D eigenvalue weighted by molar-refractivity contribution is 8.14. The van der Waals surface area contributed by atoms with Gasteiger partial charge in [-0.05, 0) is 12.1 Å². The minimum absolute atomic E-state index is 0.0931. The van der Waals surface area contributed by atoms with E-state index in [1.54, 1.807) is 25.3 Å². The summed E-state index contributed by atoms with van der Waals surface area (Å²) in [6.07, 6.45) is 0.818. The van der Waals surface area contributed by atoms with Gasteiger partial charge in [0.2, 0.25) is 0 Å². The van der Waals surface area contributed by atoms with Crippen molar-refractivity contribution in [2.75, 3.05) is 39.3 Å². The highest BCUT2D eigenvalue weighted by Crippen LogP contribution is 2.30. The molecule has 1 aromatic rings. The second kappa shape index (κ2) is 8.77. The van der Waals surface area contributed by atoms with Crippen LogP contribution in [0.4, 0.5) is 0 Å². The van der Waals surface area contributed by atoms with E-state index in [9.17, 15) is 9.90 Å². The molecule has 0 unspecified atom stereocenters. The Balaban J connectivity index is 1.86. The van der Waals surface area contributed by atoms with Crippen molar-refractivity contribution in [3.63, 3.8) is 0 Å². The predicted molar refractivity (Wildman–Crippen MR) is 85.1 cm³/mol. The molecule has 6 nitrogen and oxygen atoms in total. The van der Waals surface area contributed by atoms with Crippen LogP contribution < -0.4 is 4.74 Å². The molecule has 0 saturated carbocycles. The number of aldehydes is 1. The van der Waals surface area contributed by atoms with E-state index in [0.29, 0.717) is 48.5 Å². The zero-order valence-corrected chi connectivity index (χ0v) is 13.2. The lowest BCUT2D eigenvalue weighted by atomic mass is 10.2. The molecule has 1 heterocycles. The number of ether oxygens (including phenoxy) is 3. The number of nitrogens with zero attached hydrogens (tertiary/aromatic N) is 1. The van der Waals surface area contributed by atoms with E-state index in [1.165, 1.54) is 11.8 Å². The molecule has 22 heavy (non-hydrogen) atoms. The van der Waals surface area contributed by atoms with E-state index in [-0.39, 0.29) is 11.8 Å². The van der Waals surface area contributed by atoms with E-state index in [1.807, 2.05) is 0 Å². The second-order valence-electron chi connectivity index (χ2n) is 4.58. The number of phenols is 1.